The van der Waals surface area contributed by atoms with Gasteiger partial charge < -0.3 is 52.6 Å². The van der Waals surface area contributed by atoms with E-state index in [-0.39, 0.29) is 23.9 Å². The number of halogens is 3. The number of hydrogen-bond acceptors (Lipinski definition) is 12. The molecule has 2 heterocycles. The van der Waals surface area contributed by atoms with Crippen molar-refractivity contribution in [2.24, 2.45) is 0 Å². The molecular formula is C43H68F3N3O8S. The molecule has 0 radical (unpaired) electrons. The first-order valence-electron chi connectivity index (χ1n) is 20.4. The number of piperazine rings is 1. The molecule has 2 aliphatic heterocycles. The second-order valence-corrected chi connectivity index (χ2v) is 17.3. The average molecular weight is 844 g/mol. The minimum atomic E-state index is -4.38. The van der Waals surface area contributed by atoms with Crippen molar-refractivity contribution in [2.75, 3.05) is 125 Å². The Bertz CT molecular complexity index is 1480. The summed E-state index contributed by atoms with van der Waals surface area (Å²) in [7, 11) is 6.55. The van der Waals surface area contributed by atoms with E-state index in [9.17, 15) is 13.2 Å². The molecule has 0 spiro atoms. The molecule has 15 heteroatoms. The minimum Gasteiger partial charge on any atom is -0.382 e. The molecule has 2 aliphatic rings. The molecule has 3 unspecified atom stereocenters. The van der Waals surface area contributed by atoms with Crippen molar-refractivity contribution in [1.82, 2.24) is 9.80 Å². The quantitative estimate of drug-likeness (QED) is 0.0899. The third-order valence-electron chi connectivity index (χ3n) is 10.7. The van der Waals surface area contributed by atoms with Gasteiger partial charge in [-0.1, -0.05) is 23.9 Å². The van der Waals surface area contributed by atoms with Gasteiger partial charge in [-0.2, -0.15) is 13.2 Å². The molecule has 2 aromatic rings. The van der Waals surface area contributed by atoms with Gasteiger partial charge in [0, 0.05) is 77.5 Å². The van der Waals surface area contributed by atoms with E-state index in [1.807, 2.05) is 24.3 Å². The first kappa shape index (κ1) is 48.6. The number of nitrogens with zero attached hydrogens (tertiary/aromatic N) is 3. The highest BCUT2D eigenvalue weighted by Gasteiger charge is 2.33. The Morgan fingerprint density at radius 1 is 0.621 bits per heavy atom. The molecule has 330 valence electrons. The average Bonchev–Trinajstić information content (AvgIpc) is 3.19. The Labute approximate surface area is 349 Å². The summed E-state index contributed by atoms with van der Waals surface area (Å²) in [5.74, 6) is 0. The topological polar surface area (TPSA) is 83.6 Å². The molecule has 0 N–H and O–H groups in total. The van der Waals surface area contributed by atoms with E-state index in [1.54, 1.807) is 34.5 Å². The largest absolute Gasteiger partial charge is 0.416 e. The molecular weight excluding hydrogens is 776 g/mol. The molecule has 0 amide bonds. The summed E-state index contributed by atoms with van der Waals surface area (Å²) in [5, 5.41) is 0. The number of ether oxygens (including phenoxy) is 8. The first-order valence-corrected chi connectivity index (χ1v) is 21.2. The van der Waals surface area contributed by atoms with E-state index < -0.39 is 17.3 Å². The van der Waals surface area contributed by atoms with Gasteiger partial charge in [0.2, 0.25) is 0 Å². The van der Waals surface area contributed by atoms with Crippen molar-refractivity contribution in [1.29, 1.82) is 0 Å². The number of hydrogen-bond donors (Lipinski definition) is 0. The Balaban J connectivity index is 1.10. The SMILES string of the molecule is COCC(COCC(COCC(COC(C)(C)CCOC(C)(C)CCN1CCN(CCCN2c3ccccc3Sc3ccc(C(F)(F)F)cc32)CC1)OC)OC)OC. The summed E-state index contributed by atoms with van der Waals surface area (Å²) in [6.45, 7) is 17.8. The van der Waals surface area contributed by atoms with Crippen LogP contribution in [-0.4, -0.2) is 160 Å². The van der Waals surface area contributed by atoms with Crippen LogP contribution in [0.1, 0.15) is 52.5 Å². The number of benzene rings is 2. The normalized spacial score (nSPS) is 17.3. The van der Waals surface area contributed by atoms with E-state index >= 15 is 0 Å². The highest BCUT2D eigenvalue weighted by Crippen LogP contribution is 2.49. The highest BCUT2D eigenvalue weighted by molar-refractivity contribution is 7.99. The van der Waals surface area contributed by atoms with E-state index in [4.69, 9.17) is 37.9 Å². The van der Waals surface area contributed by atoms with Gasteiger partial charge in [0.1, 0.15) is 18.3 Å². The Hall–Kier alpha value is -2.02. The van der Waals surface area contributed by atoms with Crippen LogP contribution in [0.4, 0.5) is 24.5 Å². The second kappa shape index (κ2) is 23.8. The molecule has 3 atom stereocenters. The fourth-order valence-electron chi connectivity index (χ4n) is 6.80. The van der Waals surface area contributed by atoms with Crippen molar-refractivity contribution < 1.29 is 51.1 Å². The molecule has 0 saturated carbocycles. The Kier molecular flexibility index (Phi) is 20.0. The van der Waals surface area contributed by atoms with Crippen LogP contribution in [0.15, 0.2) is 52.3 Å². The van der Waals surface area contributed by atoms with Gasteiger partial charge in [-0.15, -0.1) is 0 Å². The van der Waals surface area contributed by atoms with Gasteiger partial charge in [-0.25, -0.2) is 0 Å². The number of rotatable bonds is 27. The number of para-hydroxylation sites is 1. The van der Waals surface area contributed by atoms with Crippen LogP contribution in [0.3, 0.4) is 0 Å². The lowest BCUT2D eigenvalue weighted by molar-refractivity contribution is -0.137. The van der Waals surface area contributed by atoms with E-state index in [0.717, 1.165) is 74.0 Å². The summed E-state index contributed by atoms with van der Waals surface area (Å²) in [6, 6.07) is 12.1. The van der Waals surface area contributed by atoms with Crippen molar-refractivity contribution in [3.05, 3.63) is 48.0 Å². The van der Waals surface area contributed by atoms with Crippen LogP contribution in [-0.2, 0) is 44.1 Å². The molecule has 0 aliphatic carbocycles. The van der Waals surface area contributed by atoms with Crippen LogP contribution in [0.5, 0.6) is 0 Å². The lowest BCUT2D eigenvalue weighted by Gasteiger charge is -2.37. The lowest BCUT2D eigenvalue weighted by atomic mass is 10.0. The summed E-state index contributed by atoms with van der Waals surface area (Å²) in [5.41, 5.74) is 0.308. The zero-order valence-electron chi connectivity index (χ0n) is 35.9. The van der Waals surface area contributed by atoms with E-state index in [2.05, 4.69) is 42.4 Å². The fourth-order valence-corrected chi connectivity index (χ4v) is 7.88. The smallest absolute Gasteiger partial charge is 0.382 e. The van der Waals surface area contributed by atoms with Crippen molar-refractivity contribution >= 4 is 23.1 Å². The zero-order valence-corrected chi connectivity index (χ0v) is 36.8. The zero-order chi connectivity index (χ0) is 42.2. The monoisotopic (exact) mass is 843 g/mol. The fraction of sp³-hybridized carbons (Fsp3) is 0.721. The highest BCUT2D eigenvalue weighted by atomic mass is 32.2. The molecule has 4 rings (SSSR count). The lowest BCUT2D eigenvalue weighted by Crippen LogP contribution is -2.48. The van der Waals surface area contributed by atoms with Gasteiger partial charge in [-0.05, 0) is 83.8 Å². The van der Waals surface area contributed by atoms with Gasteiger partial charge in [-0.3, -0.25) is 0 Å². The number of fused-ring (bicyclic) bond motifs is 2. The maximum Gasteiger partial charge on any atom is 0.416 e. The molecule has 1 fully saturated rings. The second-order valence-electron chi connectivity index (χ2n) is 16.2. The first-order chi connectivity index (χ1) is 27.7. The molecule has 1 saturated heterocycles. The van der Waals surface area contributed by atoms with E-state index in [1.165, 1.54) is 23.9 Å². The predicted molar refractivity (Wildman–Crippen MR) is 222 cm³/mol. The van der Waals surface area contributed by atoms with Crippen molar-refractivity contribution in [2.45, 2.75) is 92.4 Å². The molecule has 0 aromatic heterocycles. The molecule has 2 aromatic carbocycles. The standard InChI is InChI=1S/C43H68F3N3O8S/c1-41(2,56-25-17-42(3,4)57-32-36(53-8)31-55-30-35(52-7)29-54-28-34(51-6)27-50-5)16-20-48-23-21-47(22-24-48)18-11-19-49-37-12-9-10-13-39(37)58-40-15-14-33(26-38(40)49)43(44,45)46/h9-10,12-15,26,34-36H,11,16-25,27-32H2,1-8H3. The summed E-state index contributed by atoms with van der Waals surface area (Å²) in [4.78, 5) is 8.95. The summed E-state index contributed by atoms with van der Waals surface area (Å²) in [6.07, 6.45) is -2.46. The van der Waals surface area contributed by atoms with Crippen molar-refractivity contribution in [3.8, 4) is 0 Å². The van der Waals surface area contributed by atoms with Crippen LogP contribution in [0.2, 0.25) is 0 Å². The van der Waals surface area contributed by atoms with Crippen LogP contribution < -0.4 is 4.90 Å². The van der Waals surface area contributed by atoms with Gasteiger partial charge in [0.15, 0.2) is 0 Å². The Morgan fingerprint density at radius 2 is 1.17 bits per heavy atom. The number of methoxy groups -OCH3 is 4. The molecule has 0 bridgehead atoms. The minimum absolute atomic E-state index is 0.131. The predicted octanol–water partition coefficient (Wildman–Crippen LogP) is 7.41. The summed E-state index contributed by atoms with van der Waals surface area (Å²) < 4.78 is 86.7. The maximum absolute atomic E-state index is 13.6. The molecule has 11 nitrogen and oxygen atoms in total. The van der Waals surface area contributed by atoms with Crippen LogP contribution >= 0.6 is 11.8 Å². The van der Waals surface area contributed by atoms with Crippen molar-refractivity contribution in [3.63, 3.8) is 0 Å². The Morgan fingerprint density at radius 3 is 1.78 bits per heavy atom. The summed E-state index contributed by atoms with van der Waals surface area (Å²) >= 11 is 1.53. The maximum atomic E-state index is 13.6. The van der Waals surface area contributed by atoms with Crippen LogP contribution in [0, 0.1) is 0 Å². The van der Waals surface area contributed by atoms with Gasteiger partial charge in [0.25, 0.3) is 0 Å². The number of alkyl halides is 3. The third kappa shape index (κ3) is 16.1. The van der Waals surface area contributed by atoms with E-state index in [0.29, 0.717) is 58.5 Å². The van der Waals surface area contributed by atoms with Gasteiger partial charge in [0.05, 0.1) is 74.4 Å². The van der Waals surface area contributed by atoms with Crippen LogP contribution in [0.25, 0.3) is 0 Å². The molecule has 58 heavy (non-hydrogen) atoms. The number of anilines is 2. The third-order valence-corrected chi connectivity index (χ3v) is 11.9. The van der Waals surface area contributed by atoms with Gasteiger partial charge >= 0.3 is 6.18 Å².